The van der Waals surface area contributed by atoms with Crippen molar-refractivity contribution in [3.05, 3.63) is 139 Å². The van der Waals surface area contributed by atoms with E-state index in [1.54, 1.807) is 18.3 Å². The molecule has 0 aliphatic heterocycles. The van der Waals surface area contributed by atoms with Gasteiger partial charge in [0.05, 0.1) is 40.2 Å². The molecule has 0 fully saturated rings. The highest BCUT2D eigenvalue weighted by atomic mass is 19.2. The van der Waals surface area contributed by atoms with Crippen LogP contribution in [0.4, 0.5) is 22.0 Å². The molecule has 11 aromatic rings. The SMILES string of the molecule is Fc1nc(F)nc(C(c2nc(F)nc(F)n2)=c2n3c4nccnc4c4c(F)ccc(c5ccc(-c6cnccn6)c6c7nc(-c8ccccc8)cnc7n2c56)c43)n1. The molecule has 0 spiro atoms. The fourth-order valence-electron chi connectivity index (χ4n) is 7.43. The largest absolute Gasteiger partial charge is 0.314 e. The molecule has 57 heavy (non-hydrogen) atoms. The number of fused-ring (bicyclic) bond motifs is 7. The molecule has 0 aliphatic rings. The van der Waals surface area contributed by atoms with Gasteiger partial charge in [0.15, 0.2) is 22.9 Å². The summed E-state index contributed by atoms with van der Waals surface area (Å²) in [7, 11) is 0. The maximum Gasteiger partial charge on any atom is 0.314 e. The van der Waals surface area contributed by atoms with E-state index in [0.29, 0.717) is 44.1 Å². The smallest absolute Gasteiger partial charge is 0.276 e. The molecule has 0 bridgehead atoms. The summed E-state index contributed by atoms with van der Waals surface area (Å²) >= 11 is 0. The molecule has 272 valence electrons. The third-order valence-corrected chi connectivity index (χ3v) is 9.54. The van der Waals surface area contributed by atoms with Crippen molar-refractivity contribution in [3.63, 3.8) is 0 Å². The van der Waals surface area contributed by atoms with Crippen molar-refractivity contribution < 1.29 is 22.0 Å². The lowest BCUT2D eigenvalue weighted by Gasteiger charge is -2.09. The van der Waals surface area contributed by atoms with Crippen LogP contribution in [0.5, 0.6) is 0 Å². The molecule has 0 saturated carbocycles. The third kappa shape index (κ3) is 4.74. The maximum absolute atomic E-state index is 16.3. The van der Waals surface area contributed by atoms with Gasteiger partial charge < -0.3 is 0 Å². The summed E-state index contributed by atoms with van der Waals surface area (Å²) in [6.07, 6.45) is 2.52. The first kappa shape index (κ1) is 32.3. The van der Waals surface area contributed by atoms with Gasteiger partial charge in [0.2, 0.25) is 0 Å². The normalized spacial score (nSPS) is 11.9. The molecule has 14 nitrogen and oxygen atoms in total. The molecule has 0 N–H and O–H groups in total. The van der Waals surface area contributed by atoms with E-state index in [9.17, 15) is 0 Å². The number of rotatable bonds is 4. The van der Waals surface area contributed by atoms with E-state index in [1.165, 1.54) is 45.9 Å². The second kappa shape index (κ2) is 12.0. The Balaban J connectivity index is 1.55. The Morgan fingerprint density at radius 2 is 1.11 bits per heavy atom. The maximum atomic E-state index is 16.3. The monoisotopic (exact) mass is 762 g/mol. The van der Waals surface area contributed by atoms with E-state index in [1.807, 2.05) is 36.4 Å². The molecule has 8 aromatic heterocycles. The molecule has 0 aliphatic carbocycles. The molecule has 19 heteroatoms. The van der Waals surface area contributed by atoms with Crippen LogP contribution in [0.15, 0.2) is 91.8 Å². The van der Waals surface area contributed by atoms with Crippen LogP contribution in [0.3, 0.4) is 0 Å². The standard InChI is InChI=1S/C38H15F5N14/c39-20-9-8-18-17-6-7-19(22-14-44-10-11-45-22)23-27-33(48-15-21(49-27)16-4-2-1-3-5-16)56(28(17)23)34(57-29(18)24(20)26-32(57)47-13-12-46-26)25(30-50-35(40)54-36(41)51-30)31-52-37(42)55-38(43)53-31/h1-15H. The minimum atomic E-state index is -1.58. The molecule has 0 amide bonds. The summed E-state index contributed by atoms with van der Waals surface area (Å²) in [5.41, 5.74) is 2.43. The Morgan fingerprint density at radius 1 is 0.491 bits per heavy atom. The quantitative estimate of drug-likeness (QED) is 0.206. The zero-order valence-corrected chi connectivity index (χ0v) is 28.3. The highest BCUT2D eigenvalue weighted by Gasteiger charge is 2.29. The van der Waals surface area contributed by atoms with E-state index in [2.05, 4.69) is 49.8 Å². The summed E-state index contributed by atoms with van der Waals surface area (Å²) in [6, 6.07) is 15.7. The number of aromatic nitrogens is 14. The fourth-order valence-corrected chi connectivity index (χ4v) is 7.43. The number of benzene rings is 3. The molecule has 0 radical (unpaired) electrons. The molecule has 11 rings (SSSR count). The van der Waals surface area contributed by atoms with Gasteiger partial charge in [0.1, 0.15) is 27.9 Å². The van der Waals surface area contributed by atoms with Crippen molar-refractivity contribution in [3.8, 4) is 22.5 Å². The van der Waals surface area contributed by atoms with Crippen molar-refractivity contribution in [1.29, 1.82) is 0 Å². The average molecular weight is 763 g/mol. The van der Waals surface area contributed by atoms with Crippen molar-refractivity contribution in [2.45, 2.75) is 0 Å². The van der Waals surface area contributed by atoms with Gasteiger partial charge in [-0.15, -0.1) is 0 Å². The Hall–Kier alpha value is -8.09. The summed E-state index contributed by atoms with van der Waals surface area (Å²) in [4.78, 5) is 49.0. The van der Waals surface area contributed by atoms with E-state index < -0.39 is 47.4 Å². The van der Waals surface area contributed by atoms with Crippen molar-refractivity contribution in [2.24, 2.45) is 0 Å². The zero-order valence-electron chi connectivity index (χ0n) is 28.3. The van der Waals surface area contributed by atoms with Gasteiger partial charge >= 0.3 is 24.3 Å². The predicted octanol–water partition coefficient (Wildman–Crippen LogP) is 5.54. The molecule has 0 unspecified atom stereocenters. The van der Waals surface area contributed by atoms with Crippen LogP contribution in [0.1, 0.15) is 11.6 Å². The summed E-state index contributed by atoms with van der Waals surface area (Å²) in [5, 5.41) is 1.39. The fraction of sp³-hybridized carbons (Fsp3) is 0. The van der Waals surface area contributed by atoms with Crippen molar-refractivity contribution >= 4 is 60.5 Å². The minimum absolute atomic E-state index is 0.00660. The zero-order chi connectivity index (χ0) is 38.5. The molecule has 0 saturated heterocycles. The lowest BCUT2D eigenvalue weighted by atomic mass is 10.0. The van der Waals surface area contributed by atoms with Crippen LogP contribution in [0.2, 0.25) is 0 Å². The highest BCUT2D eigenvalue weighted by Crippen LogP contribution is 2.41. The van der Waals surface area contributed by atoms with Crippen LogP contribution in [0, 0.1) is 30.1 Å². The van der Waals surface area contributed by atoms with Crippen LogP contribution < -0.4 is 5.48 Å². The van der Waals surface area contributed by atoms with Gasteiger partial charge in [0.25, 0.3) is 0 Å². The molecular weight excluding hydrogens is 748 g/mol. The number of halogens is 5. The first-order valence-corrected chi connectivity index (χ1v) is 16.8. The summed E-state index contributed by atoms with van der Waals surface area (Å²) in [5.74, 6) is -2.28. The number of hydrogen-bond donors (Lipinski definition) is 0. The third-order valence-electron chi connectivity index (χ3n) is 9.54. The Kier molecular flexibility index (Phi) is 6.78. The second-order valence-electron chi connectivity index (χ2n) is 12.6. The van der Waals surface area contributed by atoms with Crippen LogP contribution in [0.25, 0.3) is 83.0 Å². The molecule has 8 heterocycles. The van der Waals surface area contributed by atoms with Gasteiger partial charge in [-0.2, -0.15) is 47.5 Å². The predicted molar refractivity (Wildman–Crippen MR) is 192 cm³/mol. The van der Waals surface area contributed by atoms with Crippen molar-refractivity contribution in [1.82, 2.24) is 68.6 Å². The summed E-state index contributed by atoms with van der Waals surface area (Å²) in [6.45, 7) is 0. The highest BCUT2D eigenvalue weighted by molar-refractivity contribution is 6.25. The van der Waals surface area contributed by atoms with E-state index >= 15 is 22.0 Å². The first-order valence-electron chi connectivity index (χ1n) is 16.8. The number of nitrogens with zero attached hydrogens (tertiary/aromatic N) is 14. The second-order valence-corrected chi connectivity index (χ2v) is 12.6. The Bertz CT molecular complexity index is 3450. The Labute approximate surface area is 312 Å². The van der Waals surface area contributed by atoms with Gasteiger partial charge in [-0.25, -0.2) is 19.3 Å². The summed E-state index contributed by atoms with van der Waals surface area (Å²) < 4.78 is 79.6. The van der Waals surface area contributed by atoms with Gasteiger partial charge in [-0.3, -0.25) is 23.8 Å². The lowest BCUT2D eigenvalue weighted by molar-refractivity contribution is 0.448. The van der Waals surface area contributed by atoms with Crippen molar-refractivity contribution in [2.75, 3.05) is 0 Å². The van der Waals surface area contributed by atoms with E-state index in [-0.39, 0.29) is 33.2 Å². The molecule has 3 aromatic carbocycles. The van der Waals surface area contributed by atoms with E-state index in [4.69, 9.17) is 9.97 Å². The van der Waals surface area contributed by atoms with Crippen LogP contribution in [-0.2, 0) is 0 Å². The van der Waals surface area contributed by atoms with Crippen LogP contribution >= 0.6 is 0 Å². The van der Waals surface area contributed by atoms with Crippen LogP contribution in [-0.4, -0.2) is 68.6 Å². The molecular formula is C38H15F5N14. The topological polar surface area (TPSA) is 164 Å². The van der Waals surface area contributed by atoms with Gasteiger partial charge in [-0.05, 0) is 12.1 Å². The first-order chi connectivity index (χ1) is 27.8. The van der Waals surface area contributed by atoms with Gasteiger partial charge in [-0.1, -0.05) is 42.5 Å². The average Bonchev–Trinajstić information content (AvgIpc) is 3.70. The van der Waals surface area contributed by atoms with E-state index in [0.717, 1.165) is 5.56 Å². The minimum Gasteiger partial charge on any atom is -0.276 e. The van der Waals surface area contributed by atoms with Gasteiger partial charge in [0, 0.05) is 52.1 Å². The molecule has 0 atom stereocenters. The number of hydrogen-bond acceptors (Lipinski definition) is 12. The lowest BCUT2D eigenvalue weighted by Crippen LogP contribution is -2.28. The Morgan fingerprint density at radius 3 is 1.77 bits per heavy atom.